The molecule has 6 heteroatoms. The van der Waals surface area contributed by atoms with Crippen LogP contribution in [0.25, 0.3) is 0 Å². The lowest BCUT2D eigenvalue weighted by Crippen LogP contribution is -2.36. The van der Waals surface area contributed by atoms with Crippen LogP contribution in [0.5, 0.6) is 0 Å². The number of carbonyl (C=O) groups is 1. The maximum absolute atomic E-state index is 11.3. The minimum absolute atomic E-state index is 0.372. The number of hydrogen-bond donors (Lipinski definition) is 2. The van der Waals surface area contributed by atoms with Crippen LogP contribution >= 0.6 is 27.3 Å². The van der Waals surface area contributed by atoms with Crippen LogP contribution in [0.2, 0.25) is 0 Å². The first-order valence-electron chi connectivity index (χ1n) is 5.77. The monoisotopic (exact) mass is 334 g/mol. The van der Waals surface area contributed by atoms with Crippen LogP contribution in [-0.2, 0) is 11.3 Å². The van der Waals surface area contributed by atoms with Gasteiger partial charge in [0, 0.05) is 34.4 Å². The van der Waals surface area contributed by atoms with E-state index in [1.165, 1.54) is 4.88 Å². The highest BCUT2D eigenvalue weighted by Gasteiger charge is 2.15. The van der Waals surface area contributed by atoms with E-state index >= 15 is 0 Å². The van der Waals surface area contributed by atoms with Gasteiger partial charge in [-0.1, -0.05) is 0 Å². The molecule has 2 N–H and O–H groups in total. The number of nitrogens with one attached hydrogen (secondary N) is 2. The molecule has 1 rings (SSSR count). The Morgan fingerprint density at radius 1 is 1.44 bits per heavy atom. The molecule has 0 aliphatic rings. The van der Waals surface area contributed by atoms with Crippen molar-refractivity contribution in [1.82, 2.24) is 10.6 Å². The molecule has 102 valence electrons. The van der Waals surface area contributed by atoms with E-state index in [0.717, 1.165) is 17.6 Å². The van der Waals surface area contributed by atoms with E-state index in [1.54, 1.807) is 11.3 Å². The second kappa shape index (κ2) is 7.11. The fourth-order valence-electron chi connectivity index (χ4n) is 1.23. The number of alkyl carbamates (subject to hydrolysis) is 1. The molecular formula is C12H19BrN2O2S. The normalized spacial score (nSPS) is 11.3. The van der Waals surface area contributed by atoms with E-state index in [2.05, 4.69) is 38.0 Å². The zero-order valence-electron chi connectivity index (χ0n) is 10.9. The van der Waals surface area contributed by atoms with Crippen LogP contribution in [0.1, 0.15) is 25.6 Å². The molecule has 0 radical (unpaired) electrons. The zero-order chi connectivity index (χ0) is 13.6. The molecular weight excluding hydrogens is 316 g/mol. The summed E-state index contributed by atoms with van der Waals surface area (Å²) in [5.74, 6) is 0. The number of halogens is 1. The van der Waals surface area contributed by atoms with Crippen LogP contribution in [-0.4, -0.2) is 24.8 Å². The Morgan fingerprint density at radius 2 is 2.17 bits per heavy atom. The molecule has 0 atom stereocenters. The van der Waals surface area contributed by atoms with Crippen molar-refractivity contribution in [2.45, 2.75) is 32.9 Å². The summed E-state index contributed by atoms with van der Waals surface area (Å²) in [6, 6.07) is 2.08. The molecule has 0 spiro atoms. The van der Waals surface area contributed by atoms with Gasteiger partial charge in [0.2, 0.25) is 0 Å². The largest absolute Gasteiger partial charge is 0.444 e. The third-order valence-electron chi connectivity index (χ3n) is 1.89. The van der Waals surface area contributed by atoms with Crippen molar-refractivity contribution in [3.63, 3.8) is 0 Å². The summed E-state index contributed by atoms with van der Waals surface area (Å²) in [4.78, 5) is 12.6. The SMILES string of the molecule is CC(C)(C)OC(=O)NCCNCc1cc(Br)cs1. The van der Waals surface area contributed by atoms with Gasteiger partial charge in [-0.2, -0.15) is 0 Å². The van der Waals surface area contributed by atoms with E-state index in [4.69, 9.17) is 4.74 Å². The van der Waals surface area contributed by atoms with E-state index < -0.39 is 5.60 Å². The molecule has 18 heavy (non-hydrogen) atoms. The first-order chi connectivity index (χ1) is 8.37. The third-order valence-corrected chi connectivity index (χ3v) is 3.59. The molecule has 0 aromatic carbocycles. The molecule has 0 saturated heterocycles. The number of amides is 1. The average molecular weight is 335 g/mol. The number of thiophene rings is 1. The van der Waals surface area contributed by atoms with E-state index in [0.29, 0.717) is 6.54 Å². The van der Waals surface area contributed by atoms with Crippen molar-refractivity contribution < 1.29 is 9.53 Å². The van der Waals surface area contributed by atoms with Gasteiger partial charge < -0.3 is 15.4 Å². The molecule has 0 fully saturated rings. The highest BCUT2D eigenvalue weighted by molar-refractivity contribution is 9.10. The Morgan fingerprint density at radius 3 is 2.72 bits per heavy atom. The Balaban J connectivity index is 2.07. The summed E-state index contributed by atoms with van der Waals surface area (Å²) in [7, 11) is 0. The quantitative estimate of drug-likeness (QED) is 0.813. The molecule has 4 nitrogen and oxygen atoms in total. The number of carbonyl (C=O) groups excluding carboxylic acids is 1. The Bertz CT molecular complexity index is 388. The van der Waals surface area contributed by atoms with Crippen LogP contribution in [0.15, 0.2) is 15.9 Å². The summed E-state index contributed by atoms with van der Waals surface area (Å²) in [5.41, 5.74) is -0.444. The van der Waals surface area contributed by atoms with Gasteiger partial charge in [-0.05, 0) is 42.8 Å². The molecule has 1 amide bonds. The average Bonchev–Trinajstić information content (AvgIpc) is 2.61. The predicted molar refractivity (Wildman–Crippen MR) is 78.0 cm³/mol. The highest BCUT2D eigenvalue weighted by atomic mass is 79.9. The molecule has 0 saturated carbocycles. The molecule has 1 aromatic rings. The molecule has 0 unspecified atom stereocenters. The second-order valence-electron chi connectivity index (χ2n) is 4.84. The van der Waals surface area contributed by atoms with Crippen molar-refractivity contribution in [3.05, 3.63) is 20.8 Å². The van der Waals surface area contributed by atoms with Crippen LogP contribution in [0.3, 0.4) is 0 Å². The maximum Gasteiger partial charge on any atom is 0.407 e. The number of hydrogen-bond acceptors (Lipinski definition) is 4. The van der Waals surface area contributed by atoms with E-state index in [-0.39, 0.29) is 6.09 Å². The summed E-state index contributed by atoms with van der Waals surface area (Å²) in [6.45, 7) is 7.63. The van der Waals surface area contributed by atoms with Gasteiger partial charge in [0.15, 0.2) is 0 Å². The zero-order valence-corrected chi connectivity index (χ0v) is 13.3. The lowest BCUT2D eigenvalue weighted by Gasteiger charge is -2.19. The lowest BCUT2D eigenvalue weighted by atomic mass is 10.2. The summed E-state index contributed by atoms with van der Waals surface area (Å²) < 4.78 is 6.23. The van der Waals surface area contributed by atoms with Crippen molar-refractivity contribution in [2.75, 3.05) is 13.1 Å². The van der Waals surface area contributed by atoms with Gasteiger partial charge in [-0.25, -0.2) is 4.79 Å². The highest BCUT2D eigenvalue weighted by Crippen LogP contribution is 2.19. The minimum atomic E-state index is -0.444. The Kier molecular flexibility index (Phi) is 6.11. The summed E-state index contributed by atoms with van der Waals surface area (Å²) in [6.07, 6.45) is -0.372. The van der Waals surface area contributed by atoms with E-state index in [1.807, 2.05) is 20.8 Å². The standard InChI is InChI=1S/C12H19BrN2O2S/c1-12(2,3)17-11(16)15-5-4-14-7-10-6-9(13)8-18-10/h6,8,14H,4-5,7H2,1-3H3,(H,15,16). The van der Waals surface area contributed by atoms with E-state index in [9.17, 15) is 4.79 Å². The van der Waals surface area contributed by atoms with Crippen LogP contribution < -0.4 is 10.6 Å². The summed E-state index contributed by atoms with van der Waals surface area (Å²) in [5, 5.41) is 8.01. The van der Waals surface area contributed by atoms with Gasteiger partial charge in [-0.15, -0.1) is 11.3 Å². The molecule has 0 bridgehead atoms. The molecule has 0 aliphatic heterocycles. The fourth-order valence-corrected chi connectivity index (χ4v) is 2.65. The number of rotatable bonds is 5. The molecule has 1 aromatic heterocycles. The first kappa shape index (κ1) is 15.5. The smallest absolute Gasteiger partial charge is 0.407 e. The predicted octanol–water partition coefficient (Wildman–Crippen LogP) is 3.12. The third kappa shape index (κ3) is 6.98. The number of ether oxygens (including phenoxy) is 1. The fraction of sp³-hybridized carbons (Fsp3) is 0.583. The minimum Gasteiger partial charge on any atom is -0.444 e. The maximum atomic E-state index is 11.3. The van der Waals surface area contributed by atoms with Crippen molar-refractivity contribution in [2.24, 2.45) is 0 Å². The Labute approximate surface area is 120 Å². The lowest BCUT2D eigenvalue weighted by molar-refractivity contribution is 0.0528. The van der Waals surface area contributed by atoms with Crippen molar-refractivity contribution in [1.29, 1.82) is 0 Å². The molecule has 0 aliphatic carbocycles. The van der Waals surface area contributed by atoms with Crippen LogP contribution in [0, 0.1) is 0 Å². The van der Waals surface area contributed by atoms with Crippen molar-refractivity contribution in [3.8, 4) is 0 Å². The summed E-state index contributed by atoms with van der Waals surface area (Å²) >= 11 is 5.11. The van der Waals surface area contributed by atoms with Crippen LogP contribution in [0.4, 0.5) is 4.79 Å². The van der Waals surface area contributed by atoms with Gasteiger partial charge in [-0.3, -0.25) is 0 Å². The van der Waals surface area contributed by atoms with Crippen molar-refractivity contribution >= 4 is 33.4 Å². The second-order valence-corrected chi connectivity index (χ2v) is 6.75. The first-order valence-corrected chi connectivity index (χ1v) is 7.44. The van der Waals surface area contributed by atoms with Gasteiger partial charge in [0.25, 0.3) is 0 Å². The van der Waals surface area contributed by atoms with Gasteiger partial charge in [0.1, 0.15) is 5.60 Å². The van der Waals surface area contributed by atoms with Gasteiger partial charge in [0.05, 0.1) is 0 Å². The molecule has 1 heterocycles. The Hall–Kier alpha value is -0.590. The van der Waals surface area contributed by atoms with Gasteiger partial charge >= 0.3 is 6.09 Å². The topological polar surface area (TPSA) is 50.4 Å².